The van der Waals surface area contributed by atoms with Gasteiger partial charge in [0.05, 0.1) is 4.99 Å². The van der Waals surface area contributed by atoms with Gasteiger partial charge in [0, 0.05) is 6.42 Å². The molecule has 2 N–H and O–H groups in total. The van der Waals surface area contributed by atoms with E-state index in [-0.39, 0.29) is 6.10 Å². The zero-order chi connectivity index (χ0) is 11.4. The Morgan fingerprint density at radius 2 is 2.13 bits per heavy atom. The van der Waals surface area contributed by atoms with Crippen molar-refractivity contribution >= 4 is 17.2 Å². The summed E-state index contributed by atoms with van der Waals surface area (Å²) >= 11 is 4.84. The summed E-state index contributed by atoms with van der Waals surface area (Å²) in [7, 11) is 0. The molecular weight excluding hydrogens is 206 g/mol. The molecular formula is C12H17NOS. The van der Waals surface area contributed by atoms with Gasteiger partial charge in [-0.05, 0) is 38.0 Å². The Morgan fingerprint density at radius 1 is 1.47 bits per heavy atom. The van der Waals surface area contributed by atoms with Crippen molar-refractivity contribution in [2.45, 2.75) is 33.3 Å². The average Bonchev–Trinajstić information content (AvgIpc) is 2.11. The van der Waals surface area contributed by atoms with Gasteiger partial charge in [-0.25, -0.2) is 0 Å². The molecule has 15 heavy (non-hydrogen) atoms. The predicted octanol–water partition coefficient (Wildman–Crippen LogP) is 2.75. The highest BCUT2D eigenvalue weighted by molar-refractivity contribution is 7.80. The molecule has 0 aliphatic carbocycles. The van der Waals surface area contributed by atoms with Crippen LogP contribution in [0.1, 0.15) is 24.5 Å². The van der Waals surface area contributed by atoms with Crippen LogP contribution in [0.15, 0.2) is 18.2 Å². The Kier molecular flexibility index (Phi) is 4.09. The van der Waals surface area contributed by atoms with Crippen LogP contribution < -0.4 is 10.5 Å². The van der Waals surface area contributed by atoms with Gasteiger partial charge in [-0.1, -0.05) is 24.4 Å². The van der Waals surface area contributed by atoms with Gasteiger partial charge >= 0.3 is 0 Å². The summed E-state index contributed by atoms with van der Waals surface area (Å²) in [6.07, 6.45) is 0.644. The van der Waals surface area contributed by atoms with Gasteiger partial charge < -0.3 is 10.5 Å². The van der Waals surface area contributed by atoms with Crippen LogP contribution in [0.3, 0.4) is 0 Å². The third kappa shape index (κ3) is 3.51. The number of rotatable bonds is 4. The number of hydrogen-bond acceptors (Lipinski definition) is 2. The number of hydrogen-bond donors (Lipinski definition) is 1. The van der Waals surface area contributed by atoms with Crippen LogP contribution >= 0.6 is 12.2 Å². The van der Waals surface area contributed by atoms with Crippen LogP contribution in [0.2, 0.25) is 0 Å². The quantitative estimate of drug-likeness (QED) is 0.797. The molecule has 1 aromatic carbocycles. The molecule has 0 spiro atoms. The van der Waals surface area contributed by atoms with E-state index in [4.69, 9.17) is 22.7 Å². The monoisotopic (exact) mass is 223 g/mol. The SMILES string of the molecule is Cc1cccc(OC(C)CC(N)=S)c1C. The molecule has 1 rings (SSSR count). The number of aryl methyl sites for hydroxylation is 1. The molecule has 0 aliphatic heterocycles. The highest BCUT2D eigenvalue weighted by atomic mass is 32.1. The van der Waals surface area contributed by atoms with Crippen LogP contribution in [-0.4, -0.2) is 11.1 Å². The Balaban J connectivity index is 2.72. The second-order valence-corrected chi connectivity index (χ2v) is 4.32. The maximum Gasteiger partial charge on any atom is 0.122 e. The van der Waals surface area contributed by atoms with E-state index in [0.29, 0.717) is 11.4 Å². The first-order chi connectivity index (χ1) is 7.00. The lowest BCUT2D eigenvalue weighted by atomic mass is 10.1. The molecule has 0 aromatic heterocycles. The largest absolute Gasteiger partial charge is 0.490 e. The second-order valence-electron chi connectivity index (χ2n) is 3.80. The van der Waals surface area contributed by atoms with Crippen LogP contribution in [0.5, 0.6) is 5.75 Å². The van der Waals surface area contributed by atoms with E-state index in [1.807, 2.05) is 19.1 Å². The zero-order valence-electron chi connectivity index (χ0n) is 9.41. The summed E-state index contributed by atoms with van der Waals surface area (Å²) in [6, 6.07) is 6.03. The summed E-state index contributed by atoms with van der Waals surface area (Å²) in [4.78, 5) is 0.493. The standard InChI is InChI=1S/C12H17NOS/c1-8-5-4-6-11(10(8)3)14-9(2)7-12(13)15/h4-6,9H,7H2,1-3H3,(H2,13,15). The van der Waals surface area contributed by atoms with Crippen molar-refractivity contribution in [2.75, 3.05) is 0 Å². The number of ether oxygens (including phenoxy) is 1. The molecule has 82 valence electrons. The van der Waals surface area contributed by atoms with Crippen molar-refractivity contribution in [1.29, 1.82) is 0 Å². The fourth-order valence-corrected chi connectivity index (χ4v) is 1.63. The zero-order valence-corrected chi connectivity index (χ0v) is 10.2. The minimum Gasteiger partial charge on any atom is -0.490 e. The lowest BCUT2D eigenvalue weighted by Gasteiger charge is -2.16. The van der Waals surface area contributed by atoms with E-state index >= 15 is 0 Å². The molecule has 0 amide bonds. The number of nitrogens with two attached hydrogens (primary N) is 1. The van der Waals surface area contributed by atoms with Crippen molar-refractivity contribution in [3.63, 3.8) is 0 Å². The summed E-state index contributed by atoms with van der Waals surface area (Å²) in [5.74, 6) is 0.916. The van der Waals surface area contributed by atoms with Gasteiger partial charge in [0.2, 0.25) is 0 Å². The van der Waals surface area contributed by atoms with Crippen LogP contribution in [0.4, 0.5) is 0 Å². The van der Waals surface area contributed by atoms with Gasteiger partial charge in [0.15, 0.2) is 0 Å². The van der Waals surface area contributed by atoms with E-state index < -0.39 is 0 Å². The van der Waals surface area contributed by atoms with Gasteiger partial charge in [-0.3, -0.25) is 0 Å². The average molecular weight is 223 g/mol. The van der Waals surface area contributed by atoms with Crippen molar-refractivity contribution in [1.82, 2.24) is 0 Å². The normalized spacial score (nSPS) is 12.2. The lowest BCUT2D eigenvalue weighted by molar-refractivity contribution is 0.228. The minimum absolute atomic E-state index is 0.0306. The van der Waals surface area contributed by atoms with E-state index in [0.717, 1.165) is 5.75 Å². The summed E-state index contributed by atoms with van der Waals surface area (Å²) in [5.41, 5.74) is 7.87. The first-order valence-electron chi connectivity index (χ1n) is 5.02. The molecule has 2 nitrogen and oxygen atoms in total. The molecule has 1 aromatic rings. The van der Waals surface area contributed by atoms with Crippen molar-refractivity contribution < 1.29 is 4.74 Å². The third-order valence-corrected chi connectivity index (χ3v) is 2.54. The first-order valence-corrected chi connectivity index (χ1v) is 5.42. The van der Waals surface area contributed by atoms with E-state index in [1.165, 1.54) is 11.1 Å². The third-order valence-electron chi connectivity index (χ3n) is 2.37. The van der Waals surface area contributed by atoms with E-state index in [9.17, 15) is 0 Å². The second kappa shape index (κ2) is 5.12. The van der Waals surface area contributed by atoms with Gasteiger partial charge in [0.1, 0.15) is 11.9 Å². The molecule has 0 radical (unpaired) electrons. The van der Waals surface area contributed by atoms with Crippen LogP contribution in [0.25, 0.3) is 0 Å². The summed E-state index contributed by atoms with van der Waals surface area (Å²) in [6.45, 7) is 6.10. The van der Waals surface area contributed by atoms with E-state index in [1.54, 1.807) is 0 Å². The molecule has 0 heterocycles. The highest BCUT2D eigenvalue weighted by Gasteiger charge is 2.08. The van der Waals surface area contributed by atoms with Crippen LogP contribution in [-0.2, 0) is 0 Å². The lowest BCUT2D eigenvalue weighted by Crippen LogP contribution is -2.21. The fraction of sp³-hybridized carbons (Fsp3) is 0.417. The van der Waals surface area contributed by atoms with Crippen molar-refractivity contribution in [3.05, 3.63) is 29.3 Å². The van der Waals surface area contributed by atoms with Gasteiger partial charge in [-0.2, -0.15) is 0 Å². The smallest absolute Gasteiger partial charge is 0.122 e. The fourth-order valence-electron chi connectivity index (χ4n) is 1.39. The van der Waals surface area contributed by atoms with Crippen molar-refractivity contribution in [3.8, 4) is 5.75 Å². The van der Waals surface area contributed by atoms with Gasteiger partial charge in [-0.15, -0.1) is 0 Å². The maximum absolute atomic E-state index is 5.77. The molecule has 1 unspecified atom stereocenters. The number of benzene rings is 1. The van der Waals surface area contributed by atoms with Crippen LogP contribution in [0, 0.1) is 13.8 Å². The Labute approximate surface area is 96.4 Å². The van der Waals surface area contributed by atoms with Gasteiger partial charge in [0.25, 0.3) is 0 Å². The molecule has 3 heteroatoms. The van der Waals surface area contributed by atoms with Crippen molar-refractivity contribution in [2.24, 2.45) is 5.73 Å². The molecule has 0 saturated heterocycles. The Hall–Kier alpha value is -1.09. The predicted molar refractivity (Wildman–Crippen MR) is 67.4 cm³/mol. The maximum atomic E-state index is 5.77. The Bertz CT molecular complexity index is 363. The first kappa shape index (κ1) is 12.0. The molecule has 0 saturated carbocycles. The minimum atomic E-state index is 0.0306. The summed E-state index contributed by atoms with van der Waals surface area (Å²) in [5, 5.41) is 0. The highest BCUT2D eigenvalue weighted by Crippen LogP contribution is 2.22. The summed E-state index contributed by atoms with van der Waals surface area (Å²) < 4.78 is 5.77. The Morgan fingerprint density at radius 3 is 2.73 bits per heavy atom. The molecule has 1 atom stereocenters. The molecule has 0 fully saturated rings. The topological polar surface area (TPSA) is 35.2 Å². The number of thiocarbonyl (C=S) groups is 1. The van der Waals surface area contributed by atoms with E-state index in [2.05, 4.69) is 19.9 Å². The molecule has 0 bridgehead atoms. The molecule has 0 aliphatic rings.